The van der Waals surface area contributed by atoms with Gasteiger partial charge in [-0.05, 0) is 64.4 Å². The second-order valence-corrected chi connectivity index (χ2v) is 8.00. The molecule has 33 heavy (non-hydrogen) atoms. The zero-order valence-electron chi connectivity index (χ0n) is 17.5. The van der Waals surface area contributed by atoms with E-state index in [2.05, 4.69) is 34.8 Å². The van der Waals surface area contributed by atoms with Crippen molar-refractivity contribution in [3.8, 4) is 11.5 Å². The van der Waals surface area contributed by atoms with Gasteiger partial charge in [0.05, 0.1) is 11.2 Å². The van der Waals surface area contributed by atoms with E-state index in [0.29, 0.717) is 22.4 Å². The van der Waals surface area contributed by atoms with Crippen molar-refractivity contribution in [2.45, 2.75) is 6.61 Å². The molecule has 0 radical (unpaired) electrons. The van der Waals surface area contributed by atoms with Gasteiger partial charge in [0.1, 0.15) is 18.1 Å². The number of halogens is 2. The molecule has 1 amide bonds. The van der Waals surface area contributed by atoms with Gasteiger partial charge in [0.2, 0.25) is 0 Å². The Hall–Kier alpha value is -3.54. The Morgan fingerprint density at radius 1 is 0.909 bits per heavy atom. The summed E-state index contributed by atoms with van der Waals surface area (Å²) in [4.78, 5) is 11.9. The number of carbonyl (C=O) groups excluding carboxylic acids is 1. The van der Waals surface area contributed by atoms with Gasteiger partial charge in [-0.3, -0.25) is 4.79 Å². The van der Waals surface area contributed by atoms with Crippen molar-refractivity contribution >= 4 is 46.1 Å². The third kappa shape index (κ3) is 6.25. The summed E-state index contributed by atoms with van der Waals surface area (Å²) in [6.07, 6.45) is 1.54. The second kappa shape index (κ2) is 10.9. The zero-order chi connectivity index (χ0) is 23.0. The highest BCUT2D eigenvalue weighted by atomic mass is 35.5. The molecule has 4 rings (SSSR count). The van der Waals surface area contributed by atoms with E-state index >= 15 is 0 Å². The number of amides is 1. The van der Waals surface area contributed by atoms with Crippen LogP contribution in [-0.4, -0.2) is 18.7 Å². The molecule has 0 aliphatic heterocycles. The third-order valence-electron chi connectivity index (χ3n) is 4.81. The number of carbonyl (C=O) groups is 1. The summed E-state index contributed by atoms with van der Waals surface area (Å²) in [6.45, 7) is 0.252. The molecule has 0 atom stereocenters. The Bertz CT molecular complexity index is 1290. The maximum Gasteiger partial charge on any atom is 0.277 e. The molecule has 0 fully saturated rings. The first kappa shape index (κ1) is 22.6. The minimum atomic E-state index is -0.410. The molecule has 4 aromatic rings. The summed E-state index contributed by atoms with van der Waals surface area (Å²) in [7, 11) is 0. The van der Waals surface area contributed by atoms with E-state index < -0.39 is 5.91 Å². The number of hydrogen-bond donors (Lipinski definition) is 1. The molecular weight excluding hydrogens is 459 g/mol. The van der Waals surface area contributed by atoms with Crippen molar-refractivity contribution in [3.63, 3.8) is 0 Å². The molecule has 1 N–H and O–H groups in total. The van der Waals surface area contributed by atoms with Crippen LogP contribution >= 0.6 is 23.2 Å². The standard InChI is InChI=1S/C26H20Cl2N2O3/c27-21-10-13-25(24(28)14-21)33-17-26(31)30-29-15-18-8-11-22(12-9-18)32-16-20-6-3-5-19-4-1-2-7-23(19)20/h1-15H,16-17H2,(H,30,31)/b29-15-. The normalized spacial score (nSPS) is 11.0. The Morgan fingerprint density at radius 3 is 2.52 bits per heavy atom. The van der Waals surface area contributed by atoms with Crippen LogP contribution < -0.4 is 14.9 Å². The van der Waals surface area contributed by atoms with E-state index in [0.717, 1.165) is 16.9 Å². The average Bonchev–Trinajstić information content (AvgIpc) is 2.83. The largest absolute Gasteiger partial charge is 0.489 e. The lowest BCUT2D eigenvalue weighted by atomic mass is 10.1. The van der Waals surface area contributed by atoms with Crippen LogP contribution in [0.15, 0.2) is 90.0 Å². The van der Waals surface area contributed by atoms with E-state index in [1.54, 1.807) is 24.4 Å². The fourth-order valence-corrected chi connectivity index (χ4v) is 3.64. The van der Waals surface area contributed by atoms with Gasteiger partial charge in [0.25, 0.3) is 5.91 Å². The molecule has 0 spiro atoms. The van der Waals surface area contributed by atoms with Crippen LogP contribution in [0.25, 0.3) is 10.8 Å². The van der Waals surface area contributed by atoms with Crippen LogP contribution in [0.3, 0.4) is 0 Å². The van der Waals surface area contributed by atoms with E-state index in [9.17, 15) is 4.79 Å². The highest BCUT2D eigenvalue weighted by Crippen LogP contribution is 2.27. The van der Waals surface area contributed by atoms with Gasteiger partial charge in [0.15, 0.2) is 6.61 Å². The number of rotatable bonds is 8. The van der Waals surface area contributed by atoms with Crippen molar-refractivity contribution in [2.24, 2.45) is 5.10 Å². The molecule has 0 aliphatic carbocycles. The summed E-state index contributed by atoms with van der Waals surface area (Å²) < 4.78 is 11.3. The molecule has 0 unspecified atom stereocenters. The highest BCUT2D eigenvalue weighted by molar-refractivity contribution is 6.35. The van der Waals surface area contributed by atoms with E-state index in [-0.39, 0.29) is 6.61 Å². The monoisotopic (exact) mass is 478 g/mol. The summed E-state index contributed by atoms with van der Waals surface area (Å²) in [6, 6.07) is 26.6. The van der Waals surface area contributed by atoms with Crippen molar-refractivity contribution in [3.05, 3.63) is 106 Å². The van der Waals surface area contributed by atoms with Crippen molar-refractivity contribution < 1.29 is 14.3 Å². The lowest BCUT2D eigenvalue weighted by Crippen LogP contribution is -2.24. The molecule has 0 saturated carbocycles. The third-order valence-corrected chi connectivity index (χ3v) is 5.34. The van der Waals surface area contributed by atoms with Crippen LogP contribution in [0, 0.1) is 0 Å². The summed E-state index contributed by atoms with van der Waals surface area (Å²) in [5, 5.41) is 7.15. The molecule has 5 nitrogen and oxygen atoms in total. The Balaban J connectivity index is 1.26. The van der Waals surface area contributed by atoms with Gasteiger partial charge >= 0.3 is 0 Å². The fraction of sp³-hybridized carbons (Fsp3) is 0.0769. The summed E-state index contributed by atoms with van der Waals surface area (Å²) in [5.41, 5.74) is 4.36. The maximum atomic E-state index is 11.9. The lowest BCUT2D eigenvalue weighted by Gasteiger charge is -2.09. The van der Waals surface area contributed by atoms with Crippen molar-refractivity contribution in [2.75, 3.05) is 6.61 Å². The van der Waals surface area contributed by atoms with Crippen LogP contribution in [0.4, 0.5) is 0 Å². The SMILES string of the molecule is O=C(COc1ccc(Cl)cc1Cl)N/N=C\c1ccc(OCc2cccc3ccccc23)cc1. The maximum absolute atomic E-state index is 11.9. The van der Waals surface area contributed by atoms with E-state index in [1.165, 1.54) is 10.8 Å². The van der Waals surface area contributed by atoms with Gasteiger partial charge in [-0.1, -0.05) is 65.7 Å². The summed E-state index contributed by atoms with van der Waals surface area (Å²) >= 11 is 11.8. The molecule has 4 aromatic carbocycles. The minimum Gasteiger partial charge on any atom is -0.489 e. The molecule has 0 bridgehead atoms. The minimum absolute atomic E-state index is 0.223. The first-order valence-electron chi connectivity index (χ1n) is 10.2. The van der Waals surface area contributed by atoms with Crippen molar-refractivity contribution in [1.29, 1.82) is 0 Å². The second-order valence-electron chi connectivity index (χ2n) is 7.15. The van der Waals surface area contributed by atoms with Crippen LogP contribution in [0.2, 0.25) is 10.0 Å². The Labute approximate surface area is 201 Å². The topological polar surface area (TPSA) is 59.9 Å². The number of nitrogens with zero attached hydrogens (tertiary/aromatic N) is 1. The van der Waals surface area contributed by atoms with E-state index in [4.69, 9.17) is 32.7 Å². The number of nitrogens with one attached hydrogen (secondary N) is 1. The van der Waals surface area contributed by atoms with E-state index in [1.807, 2.05) is 42.5 Å². The highest BCUT2D eigenvalue weighted by Gasteiger charge is 2.06. The predicted octanol–water partition coefficient (Wildman–Crippen LogP) is 6.25. The molecule has 0 saturated heterocycles. The number of fused-ring (bicyclic) bond motifs is 1. The van der Waals surface area contributed by atoms with Crippen LogP contribution in [0.1, 0.15) is 11.1 Å². The van der Waals surface area contributed by atoms with Gasteiger partial charge < -0.3 is 9.47 Å². The Morgan fingerprint density at radius 2 is 1.70 bits per heavy atom. The molecule has 0 aliphatic rings. The predicted molar refractivity (Wildman–Crippen MR) is 132 cm³/mol. The first-order chi connectivity index (χ1) is 16.1. The fourth-order valence-electron chi connectivity index (χ4n) is 3.18. The van der Waals surface area contributed by atoms with Crippen molar-refractivity contribution in [1.82, 2.24) is 5.43 Å². The van der Waals surface area contributed by atoms with Gasteiger partial charge in [-0.2, -0.15) is 5.10 Å². The van der Waals surface area contributed by atoms with Gasteiger partial charge in [0, 0.05) is 5.02 Å². The first-order valence-corrected chi connectivity index (χ1v) is 10.9. The van der Waals surface area contributed by atoms with Gasteiger partial charge in [-0.25, -0.2) is 5.43 Å². The van der Waals surface area contributed by atoms with Crippen LogP contribution in [-0.2, 0) is 11.4 Å². The lowest BCUT2D eigenvalue weighted by molar-refractivity contribution is -0.123. The van der Waals surface area contributed by atoms with Gasteiger partial charge in [-0.15, -0.1) is 0 Å². The molecule has 166 valence electrons. The smallest absolute Gasteiger partial charge is 0.277 e. The number of hydrogen-bond acceptors (Lipinski definition) is 4. The molecule has 0 aromatic heterocycles. The Kier molecular flexibility index (Phi) is 7.45. The summed E-state index contributed by atoms with van der Waals surface area (Å²) in [5.74, 6) is 0.712. The molecule has 0 heterocycles. The number of benzene rings is 4. The number of ether oxygens (including phenoxy) is 2. The average molecular weight is 479 g/mol. The molecular formula is C26H20Cl2N2O3. The zero-order valence-corrected chi connectivity index (χ0v) is 19.0. The quantitative estimate of drug-likeness (QED) is 0.240. The number of hydrazone groups is 1. The molecule has 7 heteroatoms. The van der Waals surface area contributed by atoms with Crippen LogP contribution in [0.5, 0.6) is 11.5 Å².